The molecule has 5 heteroatoms. The summed E-state index contributed by atoms with van der Waals surface area (Å²) in [4.78, 5) is 4.56. The predicted molar refractivity (Wildman–Crippen MR) is 102 cm³/mol. The van der Waals surface area contributed by atoms with Crippen molar-refractivity contribution >= 4 is 38.6 Å². The summed E-state index contributed by atoms with van der Waals surface area (Å²) in [6.45, 7) is 2.01. The number of halogens is 2. The zero-order valence-corrected chi connectivity index (χ0v) is 15.2. The third kappa shape index (κ3) is 2.62. The summed E-state index contributed by atoms with van der Waals surface area (Å²) < 4.78 is 2.92. The number of aromatic nitrogens is 3. The van der Waals surface area contributed by atoms with E-state index in [0.717, 1.165) is 38.0 Å². The topological polar surface area (TPSA) is 30.7 Å². The minimum absolute atomic E-state index is 0.704. The number of hydrogen-bond donors (Lipinski definition) is 0. The number of nitrogens with zero attached hydrogens (tertiary/aromatic N) is 3. The van der Waals surface area contributed by atoms with Crippen LogP contribution in [0.25, 0.3) is 27.8 Å². The molecule has 24 heavy (non-hydrogen) atoms. The van der Waals surface area contributed by atoms with Gasteiger partial charge in [-0.3, -0.25) is 0 Å². The number of rotatable bonds is 2. The van der Waals surface area contributed by atoms with Gasteiger partial charge >= 0.3 is 0 Å². The van der Waals surface area contributed by atoms with Gasteiger partial charge in [0.1, 0.15) is 0 Å². The summed E-state index contributed by atoms with van der Waals surface area (Å²) in [7, 11) is 0. The van der Waals surface area contributed by atoms with E-state index in [1.807, 2.05) is 60.3 Å². The van der Waals surface area contributed by atoms with E-state index >= 15 is 0 Å². The van der Waals surface area contributed by atoms with Gasteiger partial charge in [-0.2, -0.15) is 5.10 Å². The number of fused-ring (bicyclic) bond motifs is 1. The maximum absolute atomic E-state index is 5.99. The molecule has 0 fully saturated rings. The molecule has 2 aromatic carbocycles. The van der Waals surface area contributed by atoms with E-state index in [1.165, 1.54) is 0 Å². The van der Waals surface area contributed by atoms with Gasteiger partial charge < -0.3 is 0 Å². The highest BCUT2D eigenvalue weighted by Crippen LogP contribution is 2.31. The average molecular weight is 399 g/mol. The van der Waals surface area contributed by atoms with Crippen LogP contribution in [-0.2, 0) is 0 Å². The molecule has 4 aromatic rings. The molecule has 0 atom stereocenters. The van der Waals surface area contributed by atoms with Gasteiger partial charge in [0.2, 0.25) is 0 Å². The summed E-state index contributed by atoms with van der Waals surface area (Å²) in [5.41, 5.74) is 5.01. The Bertz CT molecular complexity index is 1020. The van der Waals surface area contributed by atoms with Crippen molar-refractivity contribution in [3.05, 3.63) is 76.0 Å². The van der Waals surface area contributed by atoms with Crippen LogP contribution in [0.5, 0.6) is 0 Å². The van der Waals surface area contributed by atoms with Crippen LogP contribution in [0, 0.1) is 6.92 Å². The lowest BCUT2D eigenvalue weighted by molar-refractivity contribution is 0.878. The molecule has 0 amide bonds. The van der Waals surface area contributed by atoms with Crippen LogP contribution >= 0.6 is 27.5 Å². The van der Waals surface area contributed by atoms with Gasteiger partial charge in [0.25, 0.3) is 0 Å². The van der Waals surface area contributed by atoms with Crippen molar-refractivity contribution in [3.8, 4) is 16.8 Å². The Morgan fingerprint density at radius 3 is 2.38 bits per heavy atom. The largest absolute Gasteiger partial charge is 0.236 e. The molecule has 2 heterocycles. The molecule has 0 aliphatic carbocycles. The Labute approximate surface area is 153 Å². The third-order valence-corrected chi connectivity index (χ3v) is 4.75. The molecule has 0 unspecified atom stereocenters. The molecule has 3 nitrogen and oxygen atoms in total. The summed E-state index contributed by atoms with van der Waals surface area (Å²) in [6.07, 6.45) is 1.83. The first kappa shape index (κ1) is 15.4. The van der Waals surface area contributed by atoms with Gasteiger partial charge in [0.15, 0.2) is 5.65 Å². The molecular formula is C19H13BrClN3. The van der Waals surface area contributed by atoms with E-state index in [0.29, 0.717) is 5.02 Å². The maximum Gasteiger partial charge on any atom is 0.163 e. The van der Waals surface area contributed by atoms with E-state index in [2.05, 4.69) is 33.0 Å². The Hall–Kier alpha value is -2.17. The summed E-state index contributed by atoms with van der Waals surface area (Å²) >= 11 is 9.47. The fourth-order valence-electron chi connectivity index (χ4n) is 2.85. The normalized spacial score (nSPS) is 11.1. The average Bonchev–Trinajstić information content (AvgIpc) is 2.94. The van der Waals surface area contributed by atoms with Crippen molar-refractivity contribution < 1.29 is 0 Å². The molecular weight excluding hydrogens is 386 g/mol. The van der Waals surface area contributed by atoms with Gasteiger partial charge in [-0.1, -0.05) is 39.7 Å². The van der Waals surface area contributed by atoms with Crippen molar-refractivity contribution in [2.45, 2.75) is 6.92 Å². The highest BCUT2D eigenvalue weighted by Gasteiger charge is 2.15. The predicted octanol–water partition coefficient (Wildman–Crippen LogP) is 5.81. The summed E-state index contributed by atoms with van der Waals surface area (Å²) in [5.74, 6) is 0. The zero-order valence-electron chi connectivity index (χ0n) is 12.9. The van der Waals surface area contributed by atoms with Crippen LogP contribution in [0.3, 0.4) is 0 Å². The second-order valence-corrected chi connectivity index (χ2v) is 6.89. The van der Waals surface area contributed by atoms with Gasteiger partial charge in [-0.25, -0.2) is 9.67 Å². The van der Waals surface area contributed by atoms with Crippen LogP contribution in [0.4, 0.5) is 0 Å². The maximum atomic E-state index is 5.99. The van der Waals surface area contributed by atoms with Crippen molar-refractivity contribution in [2.75, 3.05) is 0 Å². The zero-order chi connectivity index (χ0) is 16.7. The van der Waals surface area contributed by atoms with Crippen LogP contribution in [0.15, 0.2) is 65.3 Å². The van der Waals surface area contributed by atoms with E-state index in [-0.39, 0.29) is 0 Å². The van der Waals surface area contributed by atoms with Gasteiger partial charge in [-0.15, -0.1) is 0 Å². The minimum atomic E-state index is 0.704. The fraction of sp³-hybridized carbons (Fsp3) is 0.0526. The number of aryl methyl sites for hydroxylation is 1. The molecule has 0 aliphatic heterocycles. The first-order valence-electron chi connectivity index (χ1n) is 7.50. The Morgan fingerprint density at radius 1 is 0.958 bits per heavy atom. The second-order valence-electron chi connectivity index (χ2n) is 5.54. The molecule has 0 N–H and O–H groups in total. The first-order chi connectivity index (χ1) is 11.6. The lowest BCUT2D eigenvalue weighted by Crippen LogP contribution is -1.97. The third-order valence-electron chi connectivity index (χ3n) is 3.97. The summed E-state index contributed by atoms with van der Waals surface area (Å²) in [6, 6.07) is 17.9. The molecule has 0 radical (unpaired) electrons. The minimum Gasteiger partial charge on any atom is -0.236 e. The molecule has 0 saturated heterocycles. The fourth-order valence-corrected chi connectivity index (χ4v) is 3.24. The highest BCUT2D eigenvalue weighted by atomic mass is 79.9. The van der Waals surface area contributed by atoms with Crippen molar-refractivity contribution in [3.63, 3.8) is 0 Å². The Morgan fingerprint density at radius 2 is 1.67 bits per heavy atom. The second kappa shape index (κ2) is 6.04. The summed E-state index contributed by atoms with van der Waals surface area (Å²) in [5, 5.41) is 6.46. The van der Waals surface area contributed by atoms with E-state index in [1.54, 1.807) is 0 Å². The standard InChI is InChI=1S/C19H13BrClN3/c1-12-18-17(13-2-4-14(20)5-3-13)10-11-22-19(18)24(23-12)16-8-6-15(21)7-9-16/h2-11H,1H3. The lowest BCUT2D eigenvalue weighted by Gasteiger charge is -2.06. The molecule has 0 bridgehead atoms. The van der Waals surface area contributed by atoms with Crippen LogP contribution < -0.4 is 0 Å². The molecule has 0 spiro atoms. The van der Waals surface area contributed by atoms with Crippen molar-refractivity contribution in [1.29, 1.82) is 0 Å². The van der Waals surface area contributed by atoms with Crippen molar-refractivity contribution in [1.82, 2.24) is 14.8 Å². The molecule has 0 aliphatic rings. The molecule has 4 rings (SSSR count). The van der Waals surface area contributed by atoms with Crippen LogP contribution in [0.2, 0.25) is 5.02 Å². The van der Waals surface area contributed by atoms with Crippen LogP contribution in [-0.4, -0.2) is 14.8 Å². The quantitative estimate of drug-likeness (QED) is 0.426. The molecule has 0 saturated carbocycles. The van der Waals surface area contributed by atoms with E-state index in [9.17, 15) is 0 Å². The van der Waals surface area contributed by atoms with Crippen molar-refractivity contribution in [2.24, 2.45) is 0 Å². The van der Waals surface area contributed by atoms with E-state index < -0.39 is 0 Å². The lowest BCUT2D eigenvalue weighted by atomic mass is 10.0. The number of hydrogen-bond acceptors (Lipinski definition) is 2. The first-order valence-corrected chi connectivity index (χ1v) is 8.67. The van der Waals surface area contributed by atoms with Crippen LogP contribution in [0.1, 0.15) is 5.69 Å². The van der Waals surface area contributed by atoms with Gasteiger partial charge in [-0.05, 0) is 60.5 Å². The SMILES string of the molecule is Cc1nn(-c2ccc(Cl)cc2)c2nccc(-c3ccc(Br)cc3)c12. The number of pyridine rings is 1. The molecule has 2 aromatic heterocycles. The monoisotopic (exact) mass is 397 g/mol. The van der Waals surface area contributed by atoms with Gasteiger partial charge in [0, 0.05) is 15.7 Å². The molecule has 118 valence electrons. The number of benzene rings is 2. The highest BCUT2D eigenvalue weighted by molar-refractivity contribution is 9.10. The van der Waals surface area contributed by atoms with E-state index in [4.69, 9.17) is 16.7 Å². The Kier molecular flexibility index (Phi) is 3.87. The Balaban J connectivity index is 1.95. The van der Waals surface area contributed by atoms with Gasteiger partial charge in [0.05, 0.1) is 16.8 Å². The smallest absolute Gasteiger partial charge is 0.163 e.